The van der Waals surface area contributed by atoms with Crippen LogP contribution in [0.25, 0.3) is 11.3 Å². The number of phenolic OH excluding ortho intramolecular Hbond substituents is 1. The first kappa shape index (κ1) is 13.8. The second kappa shape index (κ2) is 5.69. The molecule has 0 spiro atoms. The Balaban J connectivity index is 1.82. The van der Waals surface area contributed by atoms with Gasteiger partial charge in [0.05, 0.1) is 5.69 Å². The predicted octanol–water partition coefficient (Wildman–Crippen LogP) is 3.17. The summed E-state index contributed by atoms with van der Waals surface area (Å²) in [6, 6.07) is 13.8. The van der Waals surface area contributed by atoms with Crippen molar-refractivity contribution in [2.45, 2.75) is 0 Å². The lowest BCUT2D eigenvalue weighted by molar-refractivity contribution is 0.102. The van der Waals surface area contributed by atoms with Crippen LogP contribution in [0.4, 0.5) is 10.2 Å². The lowest BCUT2D eigenvalue weighted by Gasteiger charge is -2.01. The molecule has 0 fully saturated rings. The van der Waals surface area contributed by atoms with E-state index in [1.54, 1.807) is 24.3 Å². The zero-order chi connectivity index (χ0) is 15.5. The molecule has 2 aromatic carbocycles. The van der Waals surface area contributed by atoms with E-state index in [2.05, 4.69) is 15.5 Å². The van der Waals surface area contributed by atoms with Crippen molar-refractivity contribution < 1.29 is 14.3 Å². The van der Waals surface area contributed by atoms with Crippen molar-refractivity contribution in [3.8, 4) is 17.0 Å². The number of carbonyl (C=O) groups is 1. The summed E-state index contributed by atoms with van der Waals surface area (Å²) in [6.45, 7) is 0. The SMILES string of the molecule is O=C(Nc1cc(-c2cc(F)ccc2O)[nH]n1)c1ccccc1. The Morgan fingerprint density at radius 3 is 2.68 bits per heavy atom. The molecule has 0 aliphatic heterocycles. The zero-order valence-electron chi connectivity index (χ0n) is 11.4. The molecule has 0 aliphatic carbocycles. The molecule has 1 amide bonds. The number of aromatic amines is 1. The van der Waals surface area contributed by atoms with E-state index in [1.165, 1.54) is 18.2 Å². The molecule has 3 N–H and O–H groups in total. The van der Waals surface area contributed by atoms with Crippen LogP contribution in [0.3, 0.4) is 0 Å². The van der Waals surface area contributed by atoms with Gasteiger partial charge in [-0.25, -0.2) is 4.39 Å². The number of carbonyl (C=O) groups excluding carboxylic acids is 1. The molecule has 0 radical (unpaired) electrons. The molecule has 5 nitrogen and oxygen atoms in total. The number of aromatic hydroxyl groups is 1. The van der Waals surface area contributed by atoms with Gasteiger partial charge < -0.3 is 10.4 Å². The Hall–Kier alpha value is -3.15. The van der Waals surface area contributed by atoms with Gasteiger partial charge in [-0.15, -0.1) is 0 Å². The number of nitrogens with zero attached hydrogens (tertiary/aromatic N) is 1. The number of halogens is 1. The second-order valence-corrected chi connectivity index (χ2v) is 4.65. The number of amides is 1. The van der Waals surface area contributed by atoms with Gasteiger partial charge in [0, 0.05) is 17.2 Å². The highest BCUT2D eigenvalue weighted by Gasteiger charge is 2.12. The third-order valence-electron chi connectivity index (χ3n) is 3.10. The van der Waals surface area contributed by atoms with E-state index in [4.69, 9.17) is 0 Å². The Morgan fingerprint density at radius 1 is 1.14 bits per heavy atom. The van der Waals surface area contributed by atoms with E-state index in [0.29, 0.717) is 11.3 Å². The Labute approximate surface area is 125 Å². The fourth-order valence-electron chi connectivity index (χ4n) is 2.03. The summed E-state index contributed by atoms with van der Waals surface area (Å²) in [5.74, 6) is -0.571. The zero-order valence-corrected chi connectivity index (χ0v) is 11.4. The number of phenols is 1. The van der Waals surface area contributed by atoms with Crippen LogP contribution in [-0.2, 0) is 0 Å². The predicted molar refractivity (Wildman–Crippen MR) is 80.0 cm³/mol. The number of anilines is 1. The lowest BCUT2D eigenvalue weighted by atomic mass is 10.1. The quantitative estimate of drug-likeness (QED) is 0.695. The van der Waals surface area contributed by atoms with Crippen LogP contribution in [0.2, 0.25) is 0 Å². The number of hydrogen-bond acceptors (Lipinski definition) is 3. The molecule has 22 heavy (non-hydrogen) atoms. The van der Waals surface area contributed by atoms with Gasteiger partial charge in [0.25, 0.3) is 5.91 Å². The Morgan fingerprint density at radius 2 is 1.91 bits per heavy atom. The average molecular weight is 297 g/mol. The number of nitrogens with one attached hydrogen (secondary N) is 2. The molecular weight excluding hydrogens is 285 g/mol. The van der Waals surface area contributed by atoms with Gasteiger partial charge in [-0.3, -0.25) is 9.89 Å². The normalized spacial score (nSPS) is 10.4. The fourth-order valence-corrected chi connectivity index (χ4v) is 2.03. The number of H-pyrrole nitrogens is 1. The third kappa shape index (κ3) is 2.80. The van der Waals surface area contributed by atoms with Gasteiger partial charge in [0.1, 0.15) is 11.6 Å². The summed E-state index contributed by atoms with van der Waals surface area (Å²) >= 11 is 0. The molecule has 3 rings (SSSR count). The van der Waals surface area contributed by atoms with E-state index in [0.717, 1.165) is 6.07 Å². The topological polar surface area (TPSA) is 78.0 Å². The standard InChI is InChI=1S/C16H12FN3O2/c17-11-6-7-14(21)12(8-11)13-9-15(20-19-13)18-16(22)10-4-2-1-3-5-10/h1-9,21H,(H2,18,19,20,22). The molecule has 1 aromatic heterocycles. The summed E-state index contributed by atoms with van der Waals surface area (Å²) < 4.78 is 13.3. The minimum Gasteiger partial charge on any atom is -0.507 e. The Kier molecular flexibility index (Phi) is 3.57. The molecule has 1 heterocycles. The molecule has 0 bridgehead atoms. The molecule has 0 aliphatic rings. The fraction of sp³-hybridized carbons (Fsp3) is 0. The van der Waals surface area contributed by atoms with Gasteiger partial charge in [-0.1, -0.05) is 18.2 Å². The van der Waals surface area contributed by atoms with Crippen LogP contribution < -0.4 is 5.32 Å². The van der Waals surface area contributed by atoms with Crippen LogP contribution in [0.1, 0.15) is 10.4 Å². The minimum absolute atomic E-state index is 0.0778. The van der Waals surface area contributed by atoms with Crippen molar-refractivity contribution >= 4 is 11.7 Å². The van der Waals surface area contributed by atoms with Crippen molar-refractivity contribution in [3.05, 3.63) is 66.0 Å². The highest BCUT2D eigenvalue weighted by atomic mass is 19.1. The Bertz CT molecular complexity index is 815. The van der Waals surface area contributed by atoms with Crippen LogP contribution in [0.5, 0.6) is 5.75 Å². The highest BCUT2D eigenvalue weighted by molar-refractivity contribution is 6.03. The van der Waals surface area contributed by atoms with Crippen molar-refractivity contribution in [1.29, 1.82) is 0 Å². The summed E-state index contributed by atoms with van der Waals surface area (Å²) in [5.41, 5.74) is 1.17. The first-order valence-electron chi connectivity index (χ1n) is 6.54. The van der Waals surface area contributed by atoms with Crippen LogP contribution >= 0.6 is 0 Å². The largest absolute Gasteiger partial charge is 0.507 e. The molecule has 0 atom stereocenters. The molecule has 6 heteroatoms. The number of aromatic nitrogens is 2. The number of benzene rings is 2. The van der Waals surface area contributed by atoms with E-state index in [-0.39, 0.29) is 23.0 Å². The van der Waals surface area contributed by atoms with Crippen molar-refractivity contribution in [1.82, 2.24) is 10.2 Å². The maximum Gasteiger partial charge on any atom is 0.256 e. The van der Waals surface area contributed by atoms with Crippen LogP contribution in [-0.4, -0.2) is 21.2 Å². The van der Waals surface area contributed by atoms with E-state index in [9.17, 15) is 14.3 Å². The maximum absolute atomic E-state index is 13.3. The van der Waals surface area contributed by atoms with Crippen LogP contribution in [0, 0.1) is 5.82 Å². The van der Waals surface area contributed by atoms with Gasteiger partial charge >= 0.3 is 0 Å². The minimum atomic E-state index is -0.475. The van der Waals surface area contributed by atoms with E-state index >= 15 is 0 Å². The molecule has 0 saturated heterocycles. The van der Waals surface area contributed by atoms with Crippen molar-refractivity contribution in [2.24, 2.45) is 0 Å². The first-order chi connectivity index (χ1) is 10.6. The molecule has 0 unspecified atom stereocenters. The molecule has 110 valence electrons. The lowest BCUT2D eigenvalue weighted by Crippen LogP contribution is -2.11. The summed E-state index contributed by atoms with van der Waals surface area (Å²) in [5, 5.41) is 19.0. The van der Waals surface area contributed by atoms with E-state index in [1.807, 2.05) is 6.07 Å². The molecular formula is C16H12FN3O2. The second-order valence-electron chi connectivity index (χ2n) is 4.65. The molecule has 3 aromatic rings. The third-order valence-corrected chi connectivity index (χ3v) is 3.10. The van der Waals surface area contributed by atoms with Gasteiger partial charge in [0.2, 0.25) is 0 Å². The summed E-state index contributed by atoms with van der Waals surface area (Å²) in [7, 11) is 0. The van der Waals surface area contributed by atoms with Gasteiger partial charge in [0.15, 0.2) is 5.82 Å². The van der Waals surface area contributed by atoms with E-state index < -0.39 is 5.82 Å². The highest BCUT2D eigenvalue weighted by Crippen LogP contribution is 2.29. The number of rotatable bonds is 3. The number of hydrogen-bond donors (Lipinski definition) is 3. The van der Waals surface area contributed by atoms with Crippen molar-refractivity contribution in [3.63, 3.8) is 0 Å². The molecule has 0 saturated carbocycles. The maximum atomic E-state index is 13.3. The summed E-state index contributed by atoms with van der Waals surface area (Å²) in [4.78, 5) is 12.0. The van der Waals surface area contributed by atoms with Gasteiger partial charge in [-0.2, -0.15) is 5.10 Å². The van der Waals surface area contributed by atoms with Crippen LogP contribution in [0.15, 0.2) is 54.6 Å². The monoisotopic (exact) mass is 297 g/mol. The first-order valence-corrected chi connectivity index (χ1v) is 6.54. The smallest absolute Gasteiger partial charge is 0.256 e. The summed E-state index contributed by atoms with van der Waals surface area (Å²) in [6.07, 6.45) is 0. The average Bonchev–Trinajstić information content (AvgIpc) is 2.99. The van der Waals surface area contributed by atoms with Crippen molar-refractivity contribution in [2.75, 3.05) is 5.32 Å². The van der Waals surface area contributed by atoms with Gasteiger partial charge in [-0.05, 0) is 30.3 Å².